The molecule has 0 aromatic heterocycles. The lowest BCUT2D eigenvalue weighted by Crippen LogP contribution is -2.56. The van der Waals surface area contributed by atoms with Crippen molar-refractivity contribution >= 4 is 11.6 Å². The number of hydrogen-bond acceptors (Lipinski definition) is 2. The van der Waals surface area contributed by atoms with Gasteiger partial charge in [0.25, 0.3) is 0 Å². The Morgan fingerprint density at radius 3 is 2.67 bits per heavy atom. The number of Topliss-reactive ketones (excluding diaryl/α,β-unsaturated/α-hetero) is 2. The van der Waals surface area contributed by atoms with Gasteiger partial charge in [-0.05, 0) is 37.5 Å². The topological polar surface area (TPSA) is 34.1 Å². The summed E-state index contributed by atoms with van der Waals surface area (Å²) in [5.74, 6) is 2.33. The number of allylic oxidation sites excluding steroid dienone is 4. The van der Waals surface area contributed by atoms with E-state index < -0.39 is 10.8 Å². The van der Waals surface area contributed by atoms with Crippen molar-refractivity contribution < 1.29 is 9.59 Å². The fourth-order valence-electron chi connectivity index (χ4n) is 6.32. The Kier molecular flexibility index (Phi) is 1.31. The lowest BCUT2D eigenvalue weighted by atomic mass is 9.52. The third-order valence-corrected chi connectivity index (χ3v) is 6.87. The number of rotatable bonds is 0. The van der Waals surface area contributed by atoms with E-state index in [0.29, 0.717) is 29.3 Å². The summed E-state index contributed by atoms with van der Waals surface area (Å²) < 4.78 is 0. The molecule has 92 valence electrons. The molecule has 5 rings (SSSR count). The molecule has 5 aliphatic rings. The second-order valence-corrected chi connectivity index (χ2v) is 7.07. The van der Waals surface area contributed by atoms with E-state index in [1.54, 1.807) is 0 Å². The van der Waals surface area contributed by atoms with E-state index in [-0.39, 0.29) is 11.8 Å². The van der Waals surface area contributed by atoms with E-state index in [0.717, 1.165) is 12.8 Å². The van der Waals surface area contributed by atoms with Gasteiger partial charge in [0.2, 0.25) is 0 Å². The van der Waals surface area contributed by atoms with Gasteiger partial charge in [0.1, 0.15) is 11.6 Å². The fourth-order valence-corrected chi connectivity index (χ4v) is 6.32. The Hall–Kier alpha value is -1.18. The van der Waals surface area contributed by atoms with E-state index in [1.165, 1.54) is 0 Å². The molecule has 0 aromatic rings. The van der Waals surface area contributed by atoms with Crippen LogP contribution in [-0.4, -0.2) is 11.6 Å². The third-order valence-electron chi connectivity index (χ3n) is 6.87. The molecule has 7 unspecified atom stereocenters. The van der Waals surface area contributed by atoms with Crippen LogP contribution in [0.1, 0.15) is 19.8 Å². The molecule has 0 saturated heterocycles. The zero-order valence-corrected chi connectivity index (χ0v) is 10.4. The molecule has 0 aromatic carbocycles. The maximum absolute atomic E-state index is 13.0. The zero-order valence-electron chi connectivity index (χ0n) is 10.4. The molecule has 0 amide bonds. The van der Waals surface area contributed by atoms with Crippen molar-refractivity contribution in [2.24, 2.45) is 40.4 Å². The Balaban J connectivity index is 1.90. The predicted molar refractivity (Wildman–Crippen MR) is 65.5 cm³/mol. The molecule has 5 aliphatic carbocycles. The van der Waals surface area contributed by atoms with Gasteiger partial charge in [0.05, 0.1) is 10.8 Å². The molecular weight excluding hydrogens is 224 g/mol. The van der Waals surface area contributed by atoms with E-state index in [2.05, 4.69) is 6.08 Å². The van der Waals surface area contributed by atoms with Crippen molar-refractivity contribution in [3.8, 4) is 0 Å². The Morgan fingerprint density at radius 2 is 1.83 bits per heavy atom. The predicted octanol–water partition coefficient (Wildman–Crippen LogP) is 2.16. The highest BCUT2D eigenvalue weighted by Gasteiger charge is 2.80. The smallest absolute Gasteiger partial charge is 0.148 e. The largest absolute Gasteiger partial charge is 0.298 e. The number of hydrogen-bond donors (Lipinski definition) is 0. The van der Waals surface area contributed by atoms with E-state index in [4.69, 9.17) is 0 Å². The van der Waals surface area contributed by atoms with Crippen molar-refractivity contribution in [3.63, 3.8) is 0 Å². The summed E-state index contributed by atoms with van der Waals surface area (Å²) >= 11 is 0. The van der Waals surface area contributed by atoms with Gasteiger partial charge in [0, 0.05) is 11.8 Å². The number of fused-ring (bicyclic) bond motifs is 2. The van der Waals surface area contributed by atoms with Gasteiger partial charge in [-0.2, -0.15) is 0 Å². The number of carbonyl (C=O) groups is 2. The minimum atomic E-state index is -0.547. The molecule has 2 heteroatoms. The summed E-state index contributed by atoms with van der Waals surface area (Å²) in [4.78, 5) is 25.9. The Labute approximate surface area is 106 Å². The minimum Gasteiger partial charge on any atom is -0.298 e. The van der Waals surface area contributed by atoms with Crippen LogP contribution in [0.3, 0.4) is 0 Å². The molecule has 0 aliphatic heterocycles. The molecule has 18 heavy (non-hydrogen) atoms. The highest BCUT2D eigenvalue weighted by Crippen LogP contribution is 2.76. The third kappa shape index (κ3) is 0.634. The van der Waals surface area contributed by atoms with Gasteiger partial charge in [0.15, 0.2) is 0 Å². The van der Waals surface area contributed by atoms with Crippen LogP contribution in [0.4, 0.5) is 0 Å². The normalized spacial score (nSPS) is 61.9. The van der Waals surface area contributed by atoms with Gasteiger partial charge in [-0.3, -0.25) is 9.59 Å². The minimum absolute atomic E-state index is 0.0514. The fraction of sp³-hybridized carbons (Fsp3) is 0.625. The van der Waals surface area contributed by atoms with E-state index in [9.17, 15) is 9.59 Å². The van der Waals surface area contributed by atoms with Crippen molar-refractivity contribution in [3.05, 3.63) is 24.3 Å². The molecule has 1 spiro atoms. The highest BCUT2D eigenvalue weighted by molar-refractivity contribution is 6.09. The summed E-state index contributed by atoms with van der Waals surface area (Å²) in [6.07, 6.45) is 10.3. The summed E-state index contributed by atoms with van der Waals surface area (Å²) in [5.41, 5.74) is -1.02. The van der Waals surface area contributed by atoms with Crippen molar-refractivity contribution in [1.29, 1.82) is 0 Å². The zero-order chi connectivity index (χ0) is 12.3. The maximum Gasteiger partial charge on any atom is 0.148 e. The van der Waals surface area contributed by atoms with Crippen LogP contribution in [0.2, 0.25) is 0 Å². The molecule has 2 nitrogen and oxygen atoms in total. The summed E-state index contributed by atoms with van der Waals surface area (Å²) in [7, 11) is 0. The first-order valence-corrected chi connectivity index (χ1v) is 7.07. The summed E-state index contributed by atoms with van der Waals surface area (Å²) in [6.45, 7) is 2.01. The first kappa shape index (κ1) is 9.71. The summed E-state index contributed by atoms with van der Waals surface area (Å²) in [5, 5.41) is 0. The van der Waals surface area contributed by atoms with Crippen LogP contribution in [0.25, 0.3) is 0 Å². The van der Waals surface area contributed by atoms with Crippen LogP contribution < -0.4 is 0 Å². The van der Waals surface area contributed by atoms with Gasteiger partial charge in [-0.25, -0.2) is 0 Å². The van der Waals surface area contributed by atoms with Gasteiger partial charge >= 0.3 is 0 Å². The molecule has 4 saturated carbocycles. The van der Waals surface area contributed by atoms with Crippen LogP contribution in [0, 0.1) is 40.4 Å². The van der Waals surface area contributed by atoms with Crippen LogP contribution >= 0.6 is 0 Å². The average Bonchev–Trinajstić information content (AvgIpc) is 2.94. The molecule has 0 heterocycles. The molecule has 4 fully saturated rings. The monoisotopic (exact) mass is 240 g/mol. The lowest BCUT2D eigenvalue weighted by Gasteiger charge is -2.47. The Morgan fingerprint density at radius 1 is 1.06 bits per heavy atom. The van der Waals surface area contributed by atoms with E-state index >= 15 is 0 Å². The highest BCUT2D eigenvalue weighted by atomic mass is 16.1. The molecular formula is C16H16O2. The summed E-state index contributed by atoms with van der Waals surface area (Å²) in [6, 6.07) is 0. The average molecular weight is 240 g/mol. The van der Waals surface area contributed by atoms with E-state index in [1.807, 2.05) is 25.2 Å². The first-order chi connectivity index (χ1) is 8.61. The van der Waals surface area contributed by atoms with Crippen molar-refractivity contribution in [2.75, 3.05) is 0 Å². The standard InChI is InChI=1S/C16H16O2/c1-15-4-2-3-5-16(15)10-7-8-6-9(10)12(14(16)18)11(8)13(15)17/h2-5,8-12H,6-7H2,1H3. The molecule has 4 bridgehead atoms. The van der Waals surface area contributed by atoms with Crippen LogP contribution in [-0.2, 0) is 9.59 Å². The van der Waals surface area contributed by atoms with Crippen molar-refractivity contribution in [1.82, 2.24) is 0 Å². The van der Waals surface area contributed by atoms with Gasteiger partial charge in [-0.1, -0.05) is 24.3 Å². The Bertz CT molecular complexity index is 570. The molecule has 0 N–H and O–H groups in total. The first-order valence-electron chi connectivity index (χ1n) is 7.07. The maximum atomic E-state index is 13.0. The number of ketones is 2. The molecule has 7 atom stereocenters. The van der Waals surface area contributed by atoms with Gasteiger partial charge < -0.3 is 0 Å². The lowest BCUT2D eigenvalue weighted by molar-refractivity contribution is -0.151. The quantitative estimate of drug-likeness (QED) is 0.650. The second-order valence-electron chi connectivity index (χ2n) is 7.07. The SMILES string of the molecule is CC12C=CC=CC13C(=O)C1C4CC(CC43)C1C2=O. The van der Waals surface area contributed by atoms with Crippen LogP contribution in [0.15, 0.2) is 24.3 Å². The van der Waals surface area contributed by atoms with Gasteiger partial charge in [-0.15, -0.1) is 0 Å². The number of carbonyl (C=O) groups excluding carboxylic acids is 2. The van der Waals surface area contributed by atoms with Crippen LogP contribution in [0.5, 0.6) is 0 Å². The second kappa shape index (κ2) is 2.43. The molecule has 0 radical (unpaired) electrons. The van der Waals surface area contributed by atoms with Crippen molar-refractivity contribution in [2.45, 2.75) is 19.8 Å².